The van der Waals surface area contributed by atoms with Crippen LogP contribution >= 0.6 is 11.6 Å². The van der Waals surface area contributed by atoms with Gasteiger partial charge in [0.15, 0.2) is 0 Å². The monoisotopic (exact) mass is 307 g/mol. The molecular weight excluding hydrogens is 282 g/mol. The van der Waals surface area contributed by atoms with Crippen LogP contribution in [0, 0.1) is 17.8 Å². The van der Waals surface area contributed by atoms with Gasteiger partial charge in [0.2, 0.25) is 0 Å². The van der Waals surface area contributed by atoms with Crippen LogP contribution in [0.1, 0.15) is 57.0 Å². The lowest BCUT2D eigenvalue weighted by molar-refractivity contribution is 0.337. The highest BCUT2D eigenvalue weighted by Crippen LogP contribution is 2.48. The molecule has 3 nitrogen and oxygen atoms in total. The smallest absolute Gasteiger partial charge is 0.131 e. The number of hydrogen-bond acceptors (Lipinski definition) is 3. The fourth-order valence-corrected chi connectivity index (χ4v) is 4.37. The molecule has 116 valence electrons. The van der Waals surface area contributed by atoms with E-state index in [0.717, 1.165) is 41.5 Å². The summed E-state index contributed by atoms with van der Waals surface area (Å²) in [5.41, 5.74) is 2.08. The quantitative estimate of drug-likeness (QED) is 0.763. The van der Waals surface area contributed by atoms with Gasteiger partial charge >= 0.3 is 0 Å². The average Bonchev–Trinajstić information content (AvgIpc) is 3.08. The maximum absolute atomic E-state index is 6.12. The van der Waals surface area contributed by atoms with E-state index in [0.29, 0.717) is 11.8 Å². The molecule has 0 saturated heterocycles. The average molecular weight is 308 g/mol. The van der Waals surface area contributed by atoms with Gasteiger partial charge in [-0.2, -0.15) is 0 Å². The van der Waals surface area contributed by atoms with Crippen LogP contribution in [0.2, 0.25) is 0 Å². The molecule has 21 heavy (non-hydrogen) atoms. The van der Waals surface area contributed by atoms with E-state index in [1.807, 2.05) is 6.20 Å². The Labute approximate surface area is 133 Å². The molecule has 0 N–H and O–H groups in total. The van der Waals surface area contributed by atoms with Crippen molar-refractivity contribution in [2.24, 2.45) is 17.8 Å². The lowest BCUT2D eigenvalue weighted by Crippen LogP contribution is -2.29. The minimum atomic E-state index is 0.344. The number of nitrogens with zero attached hydrogens (tertiary/aromatic N) is 3. The molecule has 2 aliphatic carbocycles. The highest BCUT2D eigenvalue weighted by molar-refractivity contribution is 6.17. The minimum Gasteiger partial charge on any atom is -0.372 e. The van der Waals surface area contributed by atoms with Crippen molar-refractivity contribution in [1.29, 1.82) is 0 Å². The van der Waals surface area contributed by atoms with Crippen LogP contribution in [0.25, 0.3) is 0 Å². The third-order valence-corrected chi connectivity index (χ3v) is 5.56. The molecule has 1 aromatic heterocycles. The van der Waals surface area contributed by atoms with E-state index < -0.39 is 0 Å². The Kier molecular flexibility index (Phi) is 4.39. The van der Waals surface area contributed by atoms with Gasteiger partial charge in [-0.3, -0.25) is 0 Å². The van der Waals surface area contributed by atoms with Crippen LogP contribution in [0.5, 0.6) is 0 Å². The Morgan fingerprint density at radius 2 is 2.14 bits per heavy atom. The summed E-state index contributed by atoms with van der Waals surface area (Å²) in [7, 11) is 2.16. The van der Waals surface area contributed by atoms with Gasteiger partial charge in [0.25, 0.3) is 0 Å². The van der Waals surface area contributed by atoms with E-state index in [1.165, 1.54) is 25.7 Å². The summed E-state index contributed by atoms with van der Waals surface area (Å²) >= 11 is 6.12. The Hall–Kier alpha value is -0.830. The number of alkyl halides is 1. The predicted octanol–water partition coefficient (Wildman–Crippen LogP) is 4.21. The standard InChI is InChI=1S/C17H26ClN3/c1-11(2)17-19-9-16(15(8-18)20-17)21(3)10-14-7-12-4-5-13(14)6-12/h9,11-14H,4-8,10H2,1-3H3. The summed E-state index contributed by atoms with van der Waals surface area (Å²) in [5.74, 6) is 4.49. The largest absolute Gasteiger partial charge is 0.372 e. The minimum absolute atomic E-state index is 0.344. The Balaban J connectivity index is 1.73. The number of halogens is 1. The second-order valence-electron chi connectivity index (χ2n) is 7.16. The highest BCUT2D eigenvalue weighted by Gasteiger charge is 2.39. The first-order valence-electron chi connectivity index (χ1n) is 8.21. The van der Waals surface area contributed by atoms with E-state index in [2.05, 4.69) is 35.8 Å². The van der Waals surface area contributed by atoms with E-state index >= 15 is 0 Å². The van der Waals surface area contributed by atoms with Crippen LogP contribution in [-0.4, -0.2) is 23.6 Å². The summed E-state index contributed by atoms with van der Waals surface area (Å²) in [6.45, 7) is 5.35. The molecule has 0 amide bonds. The molecule has 0 spiro atoms. The van der Waals surface area contributed by atoms with Crippen LogP contribution < -0.4 is 4.90 Å². The topological polar surface area (TPSA) is 29.0 Å². The molecule has 4 heteroatoms. The SMILES string of the molecule is CC(C)c1ncc(N(C)CC2CC3CCC2C3)c(CCl)n1. The molecule has 1 aromatic rings. The Bertz CT molecular complexity index is 503. The summed E-state index contributed by atoms with van der Waals surface area (Å²) in [6.07, 6.45) is 7.74. The normalized spacial score (nSPS) is 27.6. The van der Waals surface area contributed by atoms with Gasteiger partial charge in [-0.15, -0.1) is 11.6 Å². The number of aromatic nitrogens is 2. The first-order chi connectivity index (χ1) is 10.1. The van der Waals surface area contributed by atoms with Crippen molar-refractivity contribution in [3.63, 3.8) is 0 Å². The number of rotatable bonds is 5. The lowest BCUT2D eigenvalue weighted by Gasteiger charge is -2.29. The third kappa shape index (κ3) is 3.03. The zero-order chi connectivity index (χ0) is 15.0. The van der Waals surface area contributed by atoms with Crippen molar-refractivity contribution in [2.45, 2.75) is 51.3 Å². The highest BCUT2D eigenvalue weighted by atomic mass is 35.5. The number of fused-ring (bicyclic) bond motifs is 2. The van der Waals surface area contributed by atoms with Crippen molar-refractivity contribution >= 4 is 17.3 Å². The fraction of sp³-hybridized carbons (Fsp3) is 0.765. The maximum Gasteiger partial charge on any atom is 0.131 e. The van der Waals surface area contributed by atoms with E-state index in [1.54, 1.807) is 0 Å². The maximum atomic E-state index is 6.12. The molecule has 0 aromatic carbocycles. The number of hydrogen-bond donors (Lipinski definition) is 0. The van der Waals surface area contributed by atoms with E-state index in [4.69, 9.17) is 11.6 Å². The van der Waals surface area contributed by atoms with Gasteiger partial charge in [0, 0.05) is 19.5 Å². The van der Waals surface area contributed by atoms with E-state index in [9.17, 15) is 0 Å². The van der Waals surface area contributed by atoms with Crippen molar-refractivity contribution < 1.29 is 0 Å². The van der Waals surface area contributed by atoms with Gasteiger partial charge in [0.05, 0.1) is 23.5 Å². The van der Waals surface area contributed by atoms with Gasteiger partial charge in [-0.1, -0.05) is 20.3 Å². The van der Waals surface area contributed by atoms with Crippen LogP contribution in [-0.2, 0) is 5.88 Å². The molecule has 0 aliphatic heterocycles. The number of anilines is 1. The van der Waals surface area contributed by atoms with Crippen molar-refractivity contribution in [3.05, 3.63) is 17.7 Å². The lowest BCUT2D eigenvalue weighted by atomic mass is 9.88. The summed E-state index contributed by atoms with van der Waals surface area (Å²) in [6, 6.07) is 0. The Morgan fingerprint density at radius 1 is 1.33 bits per heavy atom. The predicted molar refractivity (Wildman–Crippen MR) is 87.9 cm³/mol. The van der Waals surface area contributed by atoms with Crippen LogP contribution in [0.4, 0.5) is 5.69 Å². The molecule has 2 saturated carbocycles. The molecule has 3 atom stereocenters. The molecule has 3 rings (SSSR count). The van der Waals surface area contributed by atoms with Gasteiger partial charge < -0.3 is 4.90 Å². The van der Waals surface area contributed by atoms with E-state index in [-0.39, 0.29) is 0 Å². The first-order valence-corrected chi connectivity index (χ1v) is 8.74. The second-order valence-corrected chi connectivity index (χ2v) is 7.43. The summed E-state index contributed by atoms with van der Waals surface area (Å²) < 4.78 is 0. The first kappa shape index (κ1) is 15.1. The van der Waals surface area contributed by atoms with Gasteiger partial charge in [0.1, 0.15) is 5.82 Å². The molecular formula is C17H26ClN3. The zero-order valence-electron chi connectivity index (χ0n) is 13.3. The third-order valence-electron chi connectivity index (χ3n) is 5.31. The zero-order valence-corrected chi connectivity index (χ0v) is 14.1. The molecule has 1 heterocycles. The van der Waals surface area contributed by atoms with Crippen molar-refractivity contribution in [1.82, 2.24) is 9.97 Å². The summed E-state index contributed by atoms with van der Waals surface area (Å²) in [4.78, 5) is 11.5. The summed E-state index contributed by atoms with van der Waals surface area (Å²) in [5, 5.41) is 0. The fourth-order valence-electron chi connectivity index (χ4n) is 4.17. The Morgan fingerprint density at radius 3 is 2.71 bits per heavy atom. The van der Waals surface area contributed by atoms with Crippen molar-refractivity contribution in [3.8, 4) is 0 Å². The molecule has 3 unspecified atom stereocenters. The molecule has 2 bridgehead atoms. The van der Waals surface area contributed by atoms with Crippen molar-refractivity contribution in [2.75, 3.05) is 18.5 Å². The van der Waals surface area contributed by atoms with Crippen LogP contribution in [0.3, 0.4) is 0 Å². The molecule has 2 fully saturated rings. The second kappa shape index (κ2) is 6.12. The van der Waals surface area contributed by atoms with Gasteiger partial charge in [-0.05, 0) is 37.0 Å². The molecule has 0 radical (unpaired) electrons. The molecule has 2 aliphatic rings. The van der Waals surface area contributed by atoms with Gasteiger partial charge in [-0.25, -0.2) is 9.97 Å². The van der Waals surface area contributed by atoms with Crippen LogP contribution in [0.15, 0.2) is 6.20 Å².